The SMILES string of the molecule is COCC(C)NC(=O)CNC(C)C1CCCC1. The maximum Gasteiger partial charge on any atom is 0.234 e. The number of ether oxygens (including phenoxy) is 1. The Morgan fingerprint density at radius 2 is 2.00 bits per heavy atom. The Hall–Kier alpha value is -0.610. The molecule has 1 amide bonds. The average Bonchev–Trinajstić information content (AvgIpc) is 2.79. The van der Waals surface area contributed by atoms with E-state index in [9.17, 15) is 4.79 Å². The fourth-order valence-corrected chi connectivity index (χ4v) is 2.50. The molecule has 0 bridgehead atoms. The maximum atomic E-state index is 11.6. The molecule has 0 spiro atoms. The zero-order valence-electron chi connectivity index (χ0n) is 11.3. The molecule has 0 heterocycles. The van der Waals surface area contributed by atoms with Crippen LogP contribution in [-0.4, -0.2) is 38.3 Å². The lowest BCUT2D eigenvalue weighted by Gasteiger charge is -2.21. The Labute approximate surface area is 104 Å². The van der Waals surface area contributed by atoms with Crippen molar-refractivity contribution >= 4 is 5.91 Å². The molecule has 0 aliphatic heterocycles. The van der Waals surface area contributed by atoms with Crippen LogP contribution in [0.15, 0.2) is 0 Å². The molecule has 1 aliphatic carbocycles. The molecule has 1 fully saturated rings. The van der Waals surface area contributed by atoms with E-state index in [4.69, 9.17) is 4.74 Å². The summed E-state index contributed by atoms with van der Waals surface area (Å²) in [7, 11) is 1.64. The first-order chi connectivity index (χ1) is 8.13. The van der Waals surface area contributed by atoms with E-state index in [1.54, 1.807) is 7.11 Å². The molecule has 4 nitrogen and oxygen atoms in total. The third-order valence-electron chi connectivity index (χ3n) is 3.52. The van der Waals surface area contributed by atoms with E-state index in [0.717, 1.165) is 5.92 Å². The lowest BCUT2D eigenvalue weighted by molar-refractivity contribution is -0.121. The predicted molar refractivity (Wildman–Crippen MR) is 68.9 cm³/mol. The van der Waals surface area contributed by atoms with Gasteiger partial charge in [0.2, 0.25) is 5.91 Å². The van der Waals surface area contributed by atoms with Gasteiger partial charge in [-0.3, -0.25) is 4.79 Å². The lowest BCUT2D eigenvalue weighted by atomic mass is 10.00. The molecule has 2 atom stereocenters. The van der Waals surface area contributed by atoms with Gasteiger partial charge >= 0.3 is 0 Å². The predicted octanol–water partition coefficient (Wildman–Crippen LogP) is 1.31. The summed E-state index contributed by atoms with van der Waals surface area (Å²) >= 11 is 0. The number of carbonyl (C=O) groups excluding carboxylic acids is 1. The Morgan fingerprint density at radius 3 is 2.59 bits per heavy atom. The fourth-order valence-electron chi connectivity index (χ4n) is 2.50. The molecule has 0 aromatic heterocycles. The van der Waals surface area contributed by atoms with Crippen LogP contribution < -0.4 is 10.6 Å². The van der Waals surface area contributed by atoms with Gasteiger partial charge in [0, 0.05) is 19.2 Å². The van der Waals surface area contributed by atoms with Gasteiger partial charge < -0.3 is 15.4 Å². The highest BCUT2D eigenvalue weighted by Crippen LogP contribution is 2.27. The third kappa shape index (κ3) is 5.50. The van der Waals surface area contributed by atoms with Crippen molar-refractivity contribution in [1.29, 1.82) is 0 Å². The minimum Gasteiger partial charge on any atom is -0.383 e. The smallest absolute Gasteiger partial charge is 0.234 e. The van der Waals surface area contributed by atoms with Crippen LogP contribution >= 0.6 is 0 Å². The van der Waals surface area contributed by atoms with Crippen LogP contribution in [-0.2, 0) is 9.53 Å². The summed E-state index contributed by atoms with van der Waals surface area (Å²) in [5.41, 5.74) is 0. The van der Waals surface area contributed by atoms with E-state index in [2.05, 4.69) is 17.6 Å². The number of hydrogen-bond acceptors (Lipinski definition) is 3. The average molecular weight is 242 g/mol. The van der Waals surface area contributed by atoms with Gasteiger partial charge in [0.25, 0.3) is 0 Å². The summed E-state index contributed by atoms with van der Waals surface area (Å²) in [6, 6.07) is 0.525. The van der Waals surface area contributed by atoms with E-state index in [-0.39, 0.29) is 11.9 Å². The monoisotopic (exact) mass is 242 g/mol. The standard InChI is InChI=1S/C13H26N2O2/c1-10(9-17-3)15-13(16)8-14-11(2)12-6-4-5-7-12/h10-12,14H,4-9H2,1-3H3,(H,15,16). The molecule has 0 radical (unpaired) electrons. The topological polar surface area (TPSA) is 50.4 Å². The van der Waals surface area contributed by atoms with Gasteiger partial charge in [-0.15, -0.1) is 0 Å². The molecule has 2 N–H and O–H groups in total. The lowest BCUT2D eigenvalue weighted by Crippen LogP contribution is -2.44. The molecule has 17 heavy (non-hydrogen) atoms. The molecule has 0 aromatic rings. The maximum absolute atomic E-state index is 11.6. The third-order valence-corrected chi connectivity index (χ3v) is 3.52. The van der Waals surface area contributed by atoms with Crippen LogP contribution in [0.4, 0.5) is 0 Å². The normalized spacial score (nSPS) is 20.2. The van der Waals surface area contributed by atoms with Crippen molar-refractivity contribution in [3.05, 3.63) is 0 Å². The van der Waals surface area contributed by atoms with Crippen molar-refractivity contribution in [2.75, 3.05) is 20.3 Å². The Morgan fingerprint density at radius 1 is 1.35 bits per heavy atom. The number of hydrogen-bond donors (Lipinski definition) is 2. The molecule has 4 heteroatoms. The van der Waals surface area contributed by atoms with Gasteiger partial charge in [-0.1, -0.05) is 12.8 Å². The molecule has 1 aliphatic rings. The van der Waals surface area contributed by atoms with Crippen LogP contribution in [0.2, 0.25) is 0 Å². The highest BCUT2D eigenvalue weighted by molar-refractivity contribution is 5.78. The summed E-state index contributed by atoms with van der Waals surface area (Å²) < 4.78 is 4.98. The number of methoxy groups -OCH3 is 1. The molecular formula is C13H26N2O2. The van der Waals surface area contributed by atoms with Crippen LogP contribution in [0.3, 0.4) is 0 Å². The summed E-state index contributed by atoms with van der Waals surface area (Å²) in [6.07, 6.45) is 5.28. The van der Waals surface area contributed by atoms with Crippen molar-refractivity contribution in [1.82, 2.24) is 10.6 Å². The minimum atomic E-state index is 0.0550. The highest BCUT2D eigenvalue weighted by Gasteiger charge is 2.21. The molecular weight excluding hydrogens is 216 g/mol. The molecule has 0 aromatic carbocycles. The van der Waals surface area contributed by atoms with E-state index >= 15 is 0 Å². The summed E-state index contributed by atoms with van der Waals surface area (Å²) in [6.45, 7) is 5.10. The first-order valence-electron chi connectivity index (χ1n) is 6.65. The van der Waals surface area contributed by atoms with E-state index in [0.29, 0.717) is 19.2 Å². The Bertz CT molecular complexity index is 227. The first-order valence-corrected chi connectivity index (χ1v) is 6.65. The summed E-state index contributed by atoms with van der Waals surface area (Å²) in [5.74, 6) is 0.804. The number of nitrogens with one attached hydrogen (secondary N) is 2. The van der Waals surface area contributed by atoms with Crippen molar-refractivity contribution in [2.45, 2.75) is 51.6 Å². The van der Waals surface area contributed by atoms with Crippen molar-refractivity contribution in [3.63, 3.8) is 0 Å². The molecule has 100 valence electrons. The van der Waals surface area contributed by atoms with E-state index < -0.39 is 0 Å². The summed E-state index contributed by atoms with van der Waals surface area (Å²) in [5, 5.41) is 6.22. The molecule has 2 unspecified atom stereocenters. The van der Waals surface area contributed by atoms with Gasteiger partial charge in [-0.05, 0) is 32.6 Å². The van der Waals surface area contributed by atoms with Crippen LogP contribution in [0.5, 0.6) is 0 Å². The zero-order chi connectivity index (χ0) is 12.7. The second-order valence-corrected chi connectivity index (χ2v) is 5.14. The number of carbonyl (C=O) groups is 1. The van der Waals surface area contributed by atoms with Crippen molar-refractivity contribution in [3.8, 4) is 0 Å². The number of amides is 1. The number of rotatable bonds is 7. The van der Waals surface area contributed by atoms with E-state index in [1.165, 1.54) is 25.7 Å². The van der Waals surface area contributed by atoms with Crippen molar-refractivity contribution in [2.24, 2.45) is 5.92 Å². The molecule has 1 rings (SSSR count). The zero-order valence-corrected chi connectivity index (χ0v) is 11.3. The van der Waals surface area contributed by atoms with Gasteiger partial charge in [-0.2, -0.15) is 0 Å². The minimum absolute atomic E-state index is 0.0550. The van der Waals surface area contributed by atoms with Crippen LogP contribution in [0.25, 0.3) is 0 Å². The van der Waals surface area contributed by atoms with Crippen LogP contribution in [0.1, 0.15) is 39.5 Å². The Kier molecular flexibility index (Phi) is 6.52. The van der Waals surface area contributed by atoms with Crippen molar-refractivity contribution < 1.29 is 9.53 Å². The van der Waals surface area contributed by atoms with E-state index in [1.807, 2.05) is 6.92 Å². The summed E-state index contributed by atoms with van der Waals surface area (Å²) in [4.78, 5) is 11.6. The molecule has 0 saturated heterocycles. The molecule has 1 saturated carbocycles. The second kappa shape index (κ2) is 7.67. The van der Waals surface area contributed by atoms with Crippen LogP contribution in [0, 0.1) is 5.92 Å². The van der Waals surface area contributed by atoms with Gasteiger partial charge in [0.15, 0.2) is 0 Å². The quantitative estimate of drug-likeness (QED) is 0.707. The van der Waals surface area contributed by atoms with Gasteiger partial charge in [-0.25, -0.2) is 0 Å². The second-order valence-electron chi connectivity index (χ2n) is 5.14. The largest absolute Gasteiger partial charge is 0.383 e. The van der Waals surface area contributed by atoms with Gasteiger partial charge in [0.1, 0.15) is 0 Å². The Balaban J connectivity index is 2.14. The van der Waals surface area contributed by atoms with Gasteiger partial charge in [0.05, 0.1) is 13.2 Å². The fraction of sp³-hybridized carbons (Fsp3) is 0.923. The first kappa shape index (κ1) is 14.5. The highest BCUT2D eigenvalue weighted by atomic mass is 16.5.